The zero-order valence-electron chi connectivity index (χ0n) is 11.5. The van der Waals surface area contributed by atoms with Crippen LogP contribution < -0.4 is 0 Å². The summed E-state index contributed by atoms with van der Waals surface area (Å²) in [6, 6.07) is 0. The van der Waals surface area contributed by atoms with Gasteiger partial charge < -0.3 is 0 Å². The van der Waals surface area contributed by atoms with Gasteiger partial charge in [0.1, 0.15) is 0 Å². The largest absolute Gasteiger partial charge is 0.0776 e. The van der Waals surface area contributed by atoms with Gasteiger partial charge in [-0.15, -0.1) is 0 Å². The summed E-state index contributed by atoms with van der Waals surface area (Å²) in [5.74, 6) is 0. The molecule has 0 aliphatic rings. The van der Waals surface area contributed by atoms with Crippen molar-refractivity contribution in [1.29, 1.82) is 0 Å². The Morgan fingerprint density at radius 3 is 1.06 bits per heavy atom. The summed E-state index contributed by atoms with van der Waals surface area (Å²) in [5.41, 5.74) is 9.11. The molecule has 0 radical (unpaired) electrons. The molecule has 0 atom stereocenters. The van der Waals surface area contributed by atoms with Crippen molar-refractivity contribution in [2.75, 3.05) is 0 Å². The fourth-order valence-electron chi connectivity index (χ4n) is 2.62. The summed E-state index contributed by atoms with van der Waals surface area (Å²) in [4.78, 5) is 0. The highest BCUT2D eigenvalue weighted by atomic mass is 14.3. The Morgan fingerprint density at radius 2 is 0.812 bits per heavy atom. The molecule has 0 amide bonds. The van der Waals surface area contributed by atoms with Crippen LogP contribution in [0, 0.1) is 34.6 Å². The Morgan fingerprint density at radius 1 is 0.562 bits per heavy atom. The van der Waals surface area contributed by atoms with E-state index >= 15 is 0 Å². The van der Waals surface area contributed by atoms with E-state index in [0.29, 0.717) is 0 Å². The predicted octanol–water partition coefficient (Wildman–Crippen LogP) is 5.16. The van der Waals surface area contributed by atoms with E-state index in [9.17, 15) is 0 Å². The molecule has 0 spiro atoms. The van der Waals surface area contributed by atoms with Gasteiger partial charge in [0.2, 0.25) is 0 Å². The van der Waals surface area contributed by atoms with Gasteiger partial charge in [-0.25, -0.2) is 0 Å². The average Bonchev–Trinajstić information content (AvgIpc) is 2.09. The minimum atomic E-state index is 0. The van der Waals surface area contributed by atoms with Gasteiger partial charge in [-0.3, -0.25) is 0 Å². The van der Waals surface area contributed by atoms with Crippen molar-refractivity contribution in [2.45, 2.75) is 68.2 Å². The third-order valence-corrected chi connectivity index (χ3v) is 3.75. The molecule has 0 aliphatic heterocycles. The lowest BCUT2D eigenvalue weighted by Crippen LogP contribution is -2.17. The molecule has 0 aromatic heterocycles. The monoisotopic (exact) mass is 220 g/mol. The second-order valence-corrected chi connectivity index (χ2v) is 5.75. The Labute approximate surface area is 102 Å². The first kappa shape index (κ1) is 15.2. The fraction of sp³-hybridized carbons (Fsp3) is 0.625. The Hall–Kier alpha value is -0.780. The van der Waals surface area contributed by atoms with Crippen LogP contribution in [0.1, 0.15) is 61.6 Å². The van der Waals surface area contributed by atoms with E-state index in [1.807, 2.05) is 0 Å². The van der Waals surface area contributed by atoms with Crippen LogP contribution in [0.4, 0.5) is 0 Å². The molecule has 16 heavy (non-hydrogen) atoms. The van der Waals surface area contributed by atoms with E-state index < -0.39 is 0 Å². The number of rotatable bonds is 0. The van der Waals surface area contributed by atoms with Crippen LogP contribution in [0.3, 0.4) is 0 Å². The molecule has 0 unspecified atom stereocenters. The molecule has 92 valence electrons. The van der Waals surface area contributed by atoms with E-state index in [-0.39, 0.29) is 12.8 Å². The minimum absolute atomic E-state index is 0. The van der Waals surface area contributed by atoms with Crippen LogP contribution in [-0.4, -0.2) is 0 Å². The second kappa shape index (κ2) is 4.61. The zero-order valence-corrected chi connectivity index (χ0v) is 11.5. The molecule has 0 N–H and O–H groups in total. The van der Waals surface area contributed by atoms with Crippen LogP contribution in [-0.2, 0) is 5.41 Å². The van der Waals surface area contributed by atoms with Crippen molar-refractivity contribution in [2.24, 2.45) is 0 Å². The van der Waals surface area contributed by atoms with Crippen molar-refractivity contribution in [3.63, 3.8) is 0 Å². The molecule has 0 heterocycles. The number of benzene rings is 1. The maximum Gasteiger partial charge on any atom is -0.0126 e. The number of hydrogen-bond donors (Lipinski definition) is 0. The maximum atomic E-state index is 2.30. The summed E-state index contributed by atoms with van der Waals surface area (Å²) >= 11 is 0. The molecule has 0 saturated carbocycles. The van der Waals surface area contributed by atoms with E-state index in [1.165, 1.54) is 33.4 Å². The molecule has 0 bridgehead atoms. The second-order valence-electron chi connectivity index (χ2n) is 5.75. The highest BCUT2D eigenvalue weighted by molar-refractivity contribution is 5.51. The van der Waals surface area contributed by atoms with E-state index in [4.69, 9.17) is 0 Å². The van der Waals surface area contributed by atoms with Gasteiger partial charge in [0.15, 0.2) is 0 Å². The van der Waals surface area contributed by atoms with Gasteiger partial charge in [0, 0.05) is 0 Å². The molecule has 1 rings (SSSR count). The first-order chi connectivity index (χ1) is 6.68. The molecular formula is C16H28. The smallest absolute Gasteiger partial charge is 0.0126 e. The molecule has 1 aromatic rings. The molecule has 0 fully saturated rings. The minimum Gasteiger partial charge on any atom is -0.0776 e. The van der Waals surface area contributed by atoms with E-state index in [1.54, 1.807) is 0 Å². The highest BCUT2D eigenvalue weighted by Gasteiger charge is 2.22. The maximum absolute atomic E-state index is 2.30. The van der Waals surface area contributed by atoms with Crippen LogP contribution in [0.5, 0.6) is 0 Å². The first-order valence-corrected chi connectivity index (χ1v) is 5.75. The standard InChI is InChI=1S/C15H24.CH4/c1-9-10(2)12(4)14(15(6,7)8)13(5)11(9)3;/h1-8H3;1H4. The lowest BCUT2D eigenvalue weighted by molar-refractivity contribution is 0.580. The summed E-state index contributed by atoms with van der Waals surface area (Å²) in [6.45, 7) is 18.1. The quantitative estimate of drug-likeness (QED) is 0.566. The van der Waals surface area contributed by atoms with Gasteiger partial charge in [0.25, 0.3) is 0 Å². The van der Waals surface area contributed by atoms with Gasteiger partial charge in [0.05, 0.1) is 0 Å². The lowest BCUT2D eigenvalue weighted by atomic mass is 9.77. The van der Waals surface area contributed by atoms with Crippen LogP contribution in [0.2, 0.25) is 0 Å². The third-order valence-electron chi connectivity index (χ3n) is 3.75. The Balaban J connectivity index is 0.00000225. The Kier molecular flexibility index (Phi) is 4.38. The normalized spacial score (nSPS) is 11.2. The van der Waals surface area contributed by atoms with E-state index in [0.717, 1.165) is 0 Å². The molecule has 0 saturated heterocycles. The van der Waals surface area contributed by atoms with Gasteiger partial charge >= 0.3 is 0 Å². The van der Waals surface area contributed by atoms with Crippen molar-refractivity contribution >= 4 is 0 Å². The predicted molar refractivity (Wildman–Crippen MR) is 75.6 cm³/mol. The SMILES string of the molecule is C.Cc1c(C)c(C)c(C(C)(C)C)c(C)c1C. The van der Waals surface area contributed by atoms with Crippen molar-refractivity contribution in [3.8, 4) is 0 Å². The van der Waals surface area contributed by atoms with Crippen LogP contribution in [0.15, 0.2) is 0 Å². The summed E-state index contributed by atoms with van der Waals surface area (Å²) in [5, 5.41) is 0. The summed E-state index contributed by atoms with van der Waals surface area (Å²) < 4.78 is 0. The highest BCUT2D eigenvalue weighted by Crippen LogP contribution is 2.34. The third kappa shape index (κ3) is 2.31. The summed E-state index contributed by atoms with van der Waals surface area (Å²) in [6.07, 6.45) is 0. The van der Waals surface area contributed by atoms with Crippen molar-refractivity contribution in [3.05, 3.63) is 33.4 Å². The molecule has 0 heteroatoms. The first-order valence-electron chi connectivity index (χ1n) is 5.75. The fourth-order valence-corrected chi connectivity index (χ4v) is 2.62. The molecule has 1 aromatic carbocycles. The molecule has 0 aliphatic carbocycles. The van der Waals surface area contributed by atoms with Crippen LogP contribution in [0.25, 0.3) is 0 Å². The number of hydrogen-bond acceptors (Lipinski definition) is 0. The molecular weight excluding hydrogens is 192 g/mol. The van der Waals surface area contributed by atoms with Crippen molar-refractivity contribution < 1.29 is 0 Å². The average molecular weight is 220 g/mol. The Bertz CT molecular complexity index is 360. The summed E-state index contributed by atoms with van der Waals surface area (Å²) in [7, 11) is 0. The lowest BCUT2D eigenvalue weighted by Gasteiger charge is -2.28. The van der Waals surface area contributed by atoms with E-state index in [2.05, 4.69) is 55.4 Å². The van der Waals surface area contributed by atoms with Gasteiger partial charge in [-0.1, -0.05) is 28.2 Å². The van der Waals surface area contributed by atoms with Gasteiger partial charge in [-0.2, -0.15) is 0 Å². The van der Waals surface area contributed by atoms with Crippen molar-refractivity contribution in [1.82, 2.24) is 0 Å². The zero-order chi connectivity index (χ0) is 12.0. The van der Waals surface area contributed by atoms with Crippen LogP contribution >= 0.6 is 0 Å². The van der Waals surface area contributed by atoms with Gasteiger partial charge in [-0.05, 0) is 73.4 Å². The topological polar surface area (TPSA) is 0 Å². The molecule has 0 nitrogen and oxygen atoms in total.